The Bertz CT molecular complexity index is 169. The van der Waals surface area contributed by atoms with Gasteiger partial charge in [0.25, 0.3) is 0 Å². The summed E-state index contributed by atoms with van der Waals surface area (Å²) in [6, 6.07) is 0. The maximum Gasteiger partial charge on any atom is 0.306 e. The van der Waals surface area contributed by atoms with E-state index in [9.17, 15) is 4.79 Å². The molecule has 0 aromatic carbocycles. The van der Waals surface area contributed by atoms with Gasteiger partial charge in [0.2, 0.25) is 0 Å². The van der Waals surface area contributed by atoms with Gasteiger partial charge in [-0.25, -0.2) is 0 Å². The Labute approximate surface area is 107 Å². The van der Waals surface area contributed by atoms with Gasteiger partial charge < -0.3 is 4.74 Å². The molecular formula is C12H23IO2. The molecule has 0 radical (unpaired) electrons. The van der Waals surface area contributed by atoms with E-state index < -0.39 is 0 Å². The van der Waals surface area contributed by atoms with Gasteiger partial charge in [-0.3, -0.25) is 4.79 Å². The van der Waals surface area contributed by atoms with Gasteiger partial charge in [-0.05, 0) is 12.3 Å². The fraction of sp³-hybridized carbons (Fsp3) is 0.917. The maximum absolute atomic E-state index is 11.3. The van der Waals surface area contributed by atoms with Crippen LogP contribution in [-0.2, 0) is 9.53 Å². The highest BCUT2D eigenvalue weighted by Crippen LogP contribution is 2.14. The smallest absolute Gasteiger partial charge is 0.306 e. The molecular weight excluding hydrogens is 303 g/mol. The molecule has 0 aliphatic heterocycles. The lowest BCUT2D eigenvalue weighted by atomic mass is 10.0. The fourth-order valence-electron chi connectivity index (χ4n) is 1.40. The lowest BCUT2D eigenvalue weighted by Crippen LogP contribution is -2.15. The van der Waals surface area contributed by atoms with E-state index in [0.717, 1.165) is 6.42 Å². The number of hydrogen-bond donors (Lipinski definition) is 0. The maximum atomic E-state index is 11.3. The van der Waals surface area contributed by atoms with Gasteiger partial charge in [-0.2, -0.15) is 0 Å². The summed E-state index contributed by atoms with van der Waals surface area (Å²) >= 11 is 2.25. The summed E-state index contributed by atoms with van der Waals surface area (Å²) < 4.78 is 5.63. The monoisotopic (exact) mass is 326 g/mol. The third-order valence-corrected chi connectivity index (χ3v) is 2.91. The van der Waals surface area contributed by atoms with Crippen LogP contribution in [-0.4, -0.2) is 16.5 Å². The van der Waals surface area contributed by atoms with Gasteiger partial charge in [0, 0.05) is 3.92 Å². The van der Waals surface area contributed by atoms with Crippen LogP contribution in [0.3, 0.4) is 0 Å². The topological polar surface area (TPSA) is 26.3 Å². The number of unbranched alkanes of at least 4 members (excludes halogenated alkanes) is 1. The van der Waals surface area contributed by atoms with Crippen molar-refractivity contribution in [3.63, 3.8) is 0 Å². The zero-order chi connectivity index (χ0) is 11.7. The Morgan fingerprint density at radius 3 is 2.53 bits per heavy atom. The highest BCUT2D eigenvalue weighted by atomic mass is 127. The zero-order valence-corrected chi connectivity index (χ0v) is 12.2. The number of esters is 1. The molecule has 3 heteroatoms. The van der Waals surface area contributed by atoms with Crippen LogP contribution in [0, 0.1) is 5.92 Å². The molecule has 0 amide bonds. The minimum Gasteiger partial charge on any atom is -0.465 e. The standard InChI is InChI=1S/C12H23IO2/c1-4-6-7-11(5-2)9-15-12(14)8-10(3)13/h10-11H,4-9H2,1-3H3. The predicted octanol–water partition coefficient (Wildman–Crippen LogP) is 3.96. The van der Waals surface area contributed by atoms with Gasteiger partial charge in [-0.15, -0.1) is 0 Å². The van der Waals surface area contributed by atoms with Crippen LogP contribution in [0.5, 0.6) is 0 Å². The number of rotatable bonds is 8. The molecule has 0 aliphatic rings. The molecule has 0 N–H and O–H groups in total. The van der Waals surface area contributed by atoms with Crippen LogP contribution in [0.15, 0.2) is 0 Å². The Hall–Kier alpha value is 0.200. The number of carbonyl (C=O) groups is 1. The van der Waals surface area contributed by atoms with Gasteiger partial charge in [-0.1, -0.05) is 62.6 Å². The first kappa shape index (κ1) is 15.2. The summed E-state index contributed by atoms with van der Waals surface area (Å²) in [7, 11) is 0. The highest BCUT2D eigenvalue weighted by molar-refractivity contribution is 14.1. The Balaban J connectivity index is 3.65. The molecule has 0 saturated heterocycles. The summed E-state index contributed by atoms with van der Waals surface area (Å²) in [4.78, 5) is 11.3. The van der Waals surface area contributed by atoms with Gasteiger partial charge >= 0.3 is 5.97 Å². The quantitative estimate of drug-likeness (QED) is 0.383. The van der Waals surface area contributed by atoms with E-state index >= 15 is 0 Å². The van der Waals surface area contributed by atoms with E-state index in [2.05, 4.69) is 36.4 Å². The average Bonchev–Trinajstić information content (AvgIpc) is 2.17. The van der Waals surface area contributed by atoms with E-state index in [1.54, 1.807) is 0 Å². The second-order valence-corrected chi connectivity index (χ2v) is 6.21. The van der Waals surface area contributed by atoms with Crippen LogP contribution in [0.2, 0.25) is 0 Å². The number of carbonyl (C=O) groups excluding carboxylic acids is 1. The average molecular weight is 326 g/mol. The molecule has 0 heterocycles. The summed E-state index contributed by atoms with van der Waals surface area (Å²) in [6.07, 6.45) is 5.27. The molecule has 2 atom stereocenters. The van der Waals surface area contributed by atoms with Crippen molar-refractivity contribution in [3.8, 4) is 0 Å². The Morgan fingerprint density at radius 2 is 2.07 bits per heavy atom. The summed E-state index contributed by atoms with van der Waals surface area (Å²) in [6.45, 7) is 6.99. The first-order chi connectivity index (χ1) is 7.10. The lowest BCUT2D eigenvalue weighted by Gasteiger charge is -2.14. The Morgan fingerprint density at radius 1 is 1.40 bits per heavy atom. The van der Waals surface area contributed by atoms with E-state index in [1.165, 1.54) is 19.3 Å². The zero-order valence-electron chi connectivity index (χ0n) is 10.1. The summed E-state index contributed by atoms with van der Waals surface area (Å²) in [5.41, 5.74) is 0. The predicted molar refractivity (Wildman–Crippen MR) is 72.4 cm³/mol. The van der Waals surface area contributed by atoms with Crippen LogP contribution >= 0.6 is 22.6 Å². The highest BCUT2D eigenvalue weighted by Gasteiger charge is 2.11. The largest absolute Gasteiger partial charge is 0.465 e. The van der Waals surface area contributed by atoms with Crippen molar-refractivity contribution in [2.45, 2.75) is 56.8 Å². The number of hydrogen-bond acceptors (Lipinski definition) is 2. The molecule has 0 spiro atoms. The first-order valence-electron chi connectivity index (χ1n) is 5.89. The molecule has 0 saturated carbocycles. The molecule has 0 rings (SSSR count). The summed E-state index contributed by atoms with van der Waals surface area (Å²) in [5, 5.41) is 0. The van der Waals surface area contributed by atoms with Crippen molar-refractivity contribution in [2.24, 2.45) is 5.92 Å². The molecule has 0 bridgehead atoms. The molecule has 2 nitrogen and oxygen atoms in total. The van der Waals surface area contributed by atoms with Crippen molar-refractivity contribution >= 4 is 28.6 Å². The molecule has 0 aliphatic carbocycles. The molecule has 90 valence electrons. The van der Waals surface area contributed by atoms with Crippen molar-refractivity contribution < 1.29 is 9.53 Å². The van der Waals surface area contributed by atoms with Gasteiger partial charge in [0.1, 0.15) is 0 Å². The van der Waals surface area contributed by atoms with Crippen LogP contribution in [0.4, 0.5) is 0 Å². The first-order valence-corrected chi connectivity index (χ1v) is 7.14. The SMILES string of the molecule is CCCCC(CC)COC(=O)CC(C)I. The van der Waals surface area contributed by atoms with E-state index in [0.29, 0.717) is 22.9 Å². The molecule has 15 heavy (non-hydrogen) atoms. The summed E-state index contributed by atoms with van der Waals surface area (Å²) in [5.74, 6) is 0.505. The third-order valence-electron chi connectivity index (χ3n) is 2.47. The molecule has 0 aromatic rings. The molecule has 0 fully saturated rings. The molecule has 0 aromatic heterocycles. The van der Waals surface area contributed by atoms with Gasteiger partial charge in [0.05, 0.1) is 13.0 Å². The molecule has 2 unspecified atom stereocenters. The second kappa shape index (κ2) is 9.43. The minimum atomic E-state index is -0.0492. The minimum absolute atomic E-state index is 0.0492. The lowest BCUT2D eigenvalue weighted by molar-refractivity contribution is -0.144. The Kier molecular flexibility index (Phi) is 9.55. The van der Waals surface area contributed by atoms with Crippen LogP contribution in [0.25, 0.3) is 0 Å². The number of halogens is 1. The normalized spacial score (nSPS) is 14.7. The van der Waals surface area contributed by atoms with Crippen molar-refractivity contribution in [1.29, 1.82) is 0 Å². The van der Waals surface area contributed by atoms with Crippen molar-refractivity contribution in [3.05, 3.63) is 0 Å². The van der Waals surface area contributed by atoms with Gasteiger partial charge in [0.15, 0.2) is 0 Å². The van der Waals surface area contributed by atoms with Crippen LogP contribution < -0.4 is 0 Å². The fourth-order valence-corrected chi connectivity index (χ4v) is 1.76. The van der Waals surface area contributed by atoms with Crippen molar-refractivity contribution in [1.82, 2.24) is 0 Å². The van der Waals surface area contributed by atoms with E-state index in [1.807, 2.05) is 6.92 Å². The second-order valence-electron chi connectivity index (χ2n) is 4.08. The van der Waals surface area contributed by atoms with Crippen molar-refractivity contribution in [2.75, 3.05) is 6.61 Å². The van der Waals surface area contributed by atoms with E-state index in [-0.39, 0.29) is 5.97 Å². The van der Waals surface area contributed by atoms with E-state index in [4.69, 9.17) is 4.74 Å². The van der Waals surface area contributed by atoms with Crippen LogP contribution in [0.1, 0.15) is 52.9 Å². The number of alkyl halides is 1. The number of ether oxygens (including phenoxy) is 1. The third kappa shape index (κ3) is 9.15.